The van der Waals surface area contributed by atoms with Crippen LogP contribution in [0.15, 0.2) is 0 Å². The van der Waals surface area contributed by atoms with Crippen molar-refractivity contribution in [1.29, 1.82) is 0 Å². The molecule has 0 rings (SSSR count). The summed E-state index contributed by atoms with van der Waals surface area (Å²) < 4.78 is 0. The Balaban J connectivity index is 0. The molecular weight excluding hydrogens is 142 g/mol. The molecule has 1 nitrogen and oxygen atoms in total. The third-order valence-corrected chi connectivity index (χ3v) is 1.39. The summed E-state index contributed by atoms with van der Waals surface area (Å²) in [6.45, 7) is 2.20. The standard InChI is InChI=1S/C5H13NS.ClH/c1-2-3-4-5-7-6;/h2-6H2,1H3;1H. The molecule has 3 heteroatoms. The fourth-order valence-electron chi connectivity index (χ4n) is 0.435. The van der Waals surface area contributed by atoms with Gasteiger partial charge in [-0.2, -0.15) is 0 Å². The van der Waals surface area contributed by atoms with Crippen molar-refractivity contribution < 1.29 is 0 Å². The Bertz CT molecular complexity index is 31.6. The van der Waals surface area contributed by atoms with Gasteiger partial charge in [0.1, 0.15) is 0 Å². The maximum Gasteiger partial charge on any atom is 0.00764 e. The first-order valence-electron chi connectivity index (χ1n) is 2.73. The van der Waals surface area contributed by atoms with Crippen LogP contribution in [0.1, 0.15) is 26.2 Å². The van der Waals surface area contributed by atoms with Crippen LogP contribution in [0.4, 0.5) is 0 Å². The first-order chi connectivity index (χ1) is 3.41. The van der Waals surface area contributed by atoms with Crippen molar-refractivity contribution >= 4 is 24.4 Å². The zero-order chi connectivity index (χ0) is 5.54. The topological polar surface area (TPSA) is 26.0 Å². The fourth-order valence-corrected chi connectivity index (χ4v) is 0.806. The van der Waals surface area contributed by atoms with Crippen molar-refractivity contribution in [2.45, 2.75) is 26.2 Å². The molecule has 0 aliphatic heterocycles. The van der Waals surface area contributed by atoms with Gasteiger partial charge in [0.15, 0.2) is 0 Å². The van der Waals surface area contributed by atoms with Gasteiger partial charge >= 0.3 is 0 Å². The number of rotatable bonds is 4. The van der Waals surface area contributed by atoms with E-state index in [1.54, 1.807) is 0 Å². The summed E-state index contributed by atoms with van der Waals surface area (Å²) in [6.07, 6.45) is 3.89. The van der Waals surface area contributed by atoms with Crippen LogP contribution in [0, 0.1) is 0 Å². The molecule has 0 aliphatic carbocycles. The second-order valence-corrected chi connectivity index (χ2v) is 2.32. The Morgan fingerprint density at radius 1 is 1.38 bits per heavy atom. The number of halogens is 1. The number of hydrogen-bond acceptors (Lipinski definition) is 2. The molecule has 0 fully saturated rings. The van der Waals surface area contributed by atoms with Gasteiger partial charge in [-0.15, -0.1) is 12.4 Å². The highest BCUT2D eigenvalue weighted by Crippen LogP contribution is 1.97. The second kappa shape index (κ2) is 10.6. The summed E-state index contributed by atoms with van der Waals surface area (Å²) in [5, 5.41) is 5.19. The molecule has 0 aromatic carbocycles. The molecule has 0 amide bonds. The molecule has 0 aliphatic rings. The van der Waals surface area contributed by atoms with Gasteiger partial charge in [-0.05, 0) is 6.42 Å². The maximum absolute atomic E-state index is 5.19. The molecular formula is C5H14ClNS. The van der Waals surface area contributed by atoms with E-state index in [1.165, 1.54) is 31.2 Å². The lowest BCUT2D eigenvalue weighted by atomic mass is 10.3. The van der Waals surface area contributed by atoms with E-state index in [1.807, 2.05) is 0 Å². The highest BCUT2D eigenvalue weighted by atomic mass is 35.5. The average molecular weight is 156 g/mol. The Labute approximate surface area is 62.0 Å². The fraction of sp³-hybridized carbons (Fsp3) is 1.00. The summed E-state index contributed by atoms with van der Waals surface area (Å²) in [7, 11) is 0. The quantitative estimate of drug-likeness (QED) is 0.498. The Morgan fingerprint density at radius 3 is 2.38 bits per heavy atom. The molecule has 0 bridgehead atoms. The highest BCUT2D eigenvalue weighted by Gasteiger charge is 1.80. The Kier molecular flexibility index (Phi) is 15.0. The SMILES string of the molecule is CCCCCSN.Cl. The van der Waals surface area contributed by atoms with Crippen LogP contribution >= 0.6 is 24.4 Å². The normalized spacial score (nSPS) is 8.25. The highest BCUT2D eigenvalue weighted by molar-refractivity contribution is 7.97. The minimum Gasteiger partial charge on any atom is -0.278 e. The molecule has 8 heavy (non-hydrogen) atoms. The molecule has 0 radical (unpaired) electrons. The van der Waals surface area contributed by atoms with E-state index in [0.29, 0.717) is 0 Å². The van der Waals surface area contributed by atoms with Crippen LogP contribution in [0.5, 0.6) is 0 Å². The molecule has 2 N–H and O–H groups in total. The van der Waals surface area contributed by atoms with Crippen LogP contribution in [0.25, 0.3) is 0 Å². The molecule has 0 atom stereocenters. The van der Waals surface area contributed by atoms with E-state index in [0.717, 1.165) is 5.75 Å². The molecule has 0 aromatic rings. The van der Waals surface area contributed by atoms with Gasteiger partial charge in [0.2, 0.25) is 0 Å². The van der Waals surface area contributed by atoms with Crippen molar-refractivity contribution in [3.8, 4) is 0 Å². The van der Waals surface area contributed by atoms with Crippen molar-refractivity contribution in [3.63, 3.8) is 0 Å². The summed E-state index contributed by atoms with van der Waals surface area (Å²) in [5.74, 6) is 1.12. The van der Waals surface area contributed by atoms with Crippen LogP contribution in [-0.4, -0.2) is 5.75 Å². The molecule has 0 saturated carbocycles. The molecule has 0 saturated heterocycles. The summed E-state index contributed by atoms with van der Waals surface area (Å²) in [4.78, 5) is 0. The van der Waals surface area contributed by atoms with Gasteiger partial charge in [0, 0.05) is 5.75 Å². The molecule has 52 valence electrons. The van der Waals surface area contributed by atoms with Gasteiger partial charge in [0.25, 0.3) is 0 Å². The average Bonchev–Trinajstić information content (AvgIpc) is 1.69. The van der Waals surface area contributed by atoms with Crippen molar-refractivity contribution in [2.75, 3.05) is 5.75 Å². The largest absolute Gasteiger partial charge is 0.278 e. The van der Waals surface area contributed by atoms with Gasteiger partial charge in [-0.3, -0.25) is 5.14 Å². The van der Waals surface area contributed by atoms with Crippen LogP contribution in [0.2, 0.25) is 0 Å². The van der Waals surface area contributed by atoms with E-state index < -0.39 is 0 Å². The minimum absolute atomic E-state index is 0. The van der Waals surface area contributed by atoms with Crippen LogP contribution in [-0.2, 0) is 0 Å². The van der Waals surface area contributed by atoms with E-state index >= 15 is 0 Å². The number of nitrogens with two attached hydrogens (primary N) is 1. The first kappa shape index (κ1) is 11.4. The van der Waals surface area contributed by atoms with Gasteiger partial charge in [-0.1, -0.05) is 31.7 Å². The zero-order valence-electron chi connectivity index (χ0n) is 5.22. The van der Waals surface area contributed by atoms with Crippen molar-refractivity contribution in [1.82, 2.24) is 0 Å². The molecule has 0 heterocycles. The minimum atomic E-state index is 0. The van der Waals surface area contributed by atoms with E-state index in [2.05, 4.69) is 6.92 Å². The second-order valence-electron chi connectivity index (χ2n) is 1.58. The zero-order valence-corrected chi connectivity index (χ0v) is 6.86. The van der Waals surface area contributed by atoms with Gasteiger partial charge in [0.05, 0.1) is 0 Å². The third kappa shape index (κ3) is 9.78. The lowest BCUT2D eigenvalue weighted by Crippen LogP contribution is -1.83. The van der Waals surface area contributed by atoms with Crippen molar-refractivity contribution in [3.05, 3.63) is 0 Å². The van der Waals surface area contributed by atoms with E-state index in [-0.39, 0.29) is 12.4 Å². The van der Waals surface area contributed by atoms with Crippen LogP contribution in [0.3, 0.4) is 0 Å². The number of hydrogen-bond donors (Lipinski definition) is 1. The van der Waals surface area contributed by atoms with E-state index in [9.17, 15) is 0 Å². The summed E-state index contributed by atoms with van der Waals surface area (Å²) in [6, 6.07) is 0. The first-order valence-corrected chi connectivity index (χ1v) is 3.78. The molecule has 0 spiro atoms. The lowest BCUT2D eigenvalue weighted by Gasteiger charge is -1.90. The number of unbranched alkanes of at least 4 members (excludes halogenated alkanes) is 2. The maximum atomic E-state index is 5.19. The Morgan fingerprint density at radius 2 is 2.00 bits per heavy atom. The smallest absolute Gasteiger partial charge is 0.00764 e. The third-order valence-electron chi connectivity index (χ3n) is 0.866. The van der Waals surface area contributed by atoms with Gasteiger partial charge in [-0.25, -0.2) is 0 Å². The van der Waals surface area contributed by atoms with Gasteiger partial charge < -0.3 is 0 Å². The summed E-state index contributed by atoms with van der Waals surface area (Å²) >= 11 is 1.44. The molecule has 0 unspecified atom stereocenters. The van der Waals surface area contributed by atoms with Crippen molar-refractivity contribution in [2.24, 2.45) is 5.14 Å². The predicted octanol–water partition coefficient (Wildman–Crippen LogP) is 2.21. The Hall–Kier alpha value is 0.600. The van der Waals surface area contributed by atoms with E-state index in [4.69, 9.17) is 5.14 Å². The molecule has 0 aromatic heterocycles. The lowest BCUT2D eigenvalue weighted by molar-refractivity contribution is 0.779. The summed E-state index contributed by atoms with van der Waals surface area (Å²) in [5.41, 5.74) is 0. The monoisotopic (exact) mass is 155 g/mol. The van der Waals surface area contributed by atoms with Crippen LogP contribution < -0.4 is 5.14 Å². The predicted molar refractivity (Wildman–Crippen MR) is 43.4 cm³/mol.